The summed E-state index contributed by atoms with van der Waals surface area (Å²) in [7, 11) is 3.90. The monoisotopic (exact) mass is 621 g/mol. The molecular weight excluding hydrogens is 558 g/mol. The summed E-state index contributed by atoms with van der Waals surface area (Å²) in [5, 5.41) is 11.2. The third-order valence-corrected chi connectivity index (χ3v) is 7.42. The molecule has 0 bridgehead atoms. The van der Waals surface area contributed by atoms with E-state index in [9.17, 15) is 4.79 Å². The van der Waals surface area contributed by atoms with Crippen LogP contribution in [-0.2, 0) is 23.2 Å². The average Bonchev–Trinajstić information content (AvgIpc) is 3.48. The molecule has 0 aliphatic carbocycles. The van der Waals surface area contributed by atoms with Gasteiger partial charge in [0, 0.05) is 50.2 Å². The highest BCUT2D eigenvalue weighted by Crippen LogP contribution is 2.23. The quantitative estimate of drug-likeness (QED) is 0.185. The van der Waals surface area contributed by atoms with Gasteiger partial charge in [0.2, 0.25) is 0 Å². The van der Waals surface area contributed by atoms with E-state index in [1.807, 2.05) is 40.1 Å². The number of aldehydes is 2. The Morgan fingerprint density at radius 3 is 2.02 bits per heavy atom. The number of hydrogen-bond acceptors (Lipinski definition) is 6. The zero-order valence-electron chi connectivity index (χ0n) is 30.5. The maximum atomic E-state index is 10.7. The van der Waals surface area contributed by atoms with Gasteiger partial charge in [-0.15, -0.1) is 0 Å². The molecule has 1 aromatic heterocycles. The molecule has 2 N–H and O–H groups in total. The fraction of sp³-hybridized carbons (Fsp3) is 0.553. The van der Waals surface area contributed by atoms with E-state index < -0.39 is 0 Å². The summed E-state index contributed by atoms with van der Waals surface area (Å²) in [5.74, 6) is 1.85. The number of benzene rings is 2. The topological polar surface area (TPSA) is 79.3 Å². The Hall–Kier alpha value is -3.61. The second-order valence-corrected chi connectivity index (χ2v) is 12.0. The van der Waals surface area contributed by atoms with Crippen LogP contribution in [0.1, 0.15) is 109 Å². The molecule has 0 radical (unpaired) electrons. The standard InChI is InChI=1S/C18H28N4.C16H25NO.C2H4O.C2H6/c1-13-7-9-15(19-5)11-14(13)8-10-16-12-17(20-6)22(21-16)18(2,3)4;1-4-11-17(12-10-14(3)5-2)16-8-6-15(13-18)7-9-16;1-2-3;1-2/h7,9,11-12,19-20H,8,10H2,1-6H3;6-9,13-14H,4-5,10-12H2,1-3H3;2H,1H3;1-2H3. The second-order valence-electron chi connectivity index (χ2n) is 12.0. The molecule has 3 aromatic rings. The zero-order chi connectivity index (χ0) is 34.4. The van der Waals surface area contributed by atoms with E-state index in [0.29, 0.717) is 0 Å². The minimum Gasteiger partial charge on any atom is -0.388 e. The van der Waals surface area contributed by atoms with Gasteiger partial charge in [-0.1, -0.05) is 47.1 Å². The van der Waals surface area contributed by atoms with Gasteiger partial charge in [0.25, 0.3) is 0 Å². The first kappa shape index (κ1) is 41.4. The average molecular weight is 622 g/mol. The van der Waals surface area contributed by atoms with Crippen molar-refractivity contribution in [2.75, 3.05) is 42.7 Å². The number of nitrogens with one attached hydrogen (secondary N) is 2. The number of nitrogens with zero attached hydrogens (tertiary/aromatic N) is 3. The predicted molar refractivity (Wildman–Crippen MR) is 196 cm³/mol. The molecule has 252 valence electrons. The van der Waals surface area contributed by atoms with Gasteiger partial charge >= 0.3 is 0 Å². The Balaban J connectivity index is 0.000000765. The molecule has 0 aliphatic rings. The number of anilines is 3. The first-order valence-electron chi connectivity index (χ1n) is 16.7. The summed E-state index contributed by atoms with van der Waals surface area (Å²) in [6.45, 7) is 23.1. The molecule has 0 amide bonds. The minimum atomic E-state index is -0.0153. The highest BCUT2D eigenvalue weighted by Gasteiger charge is 2.19. The van der Waals surface area contributed by atoms with Gasteiger partial charge < -0.3 is 20.3 Å². The molecule has 3 rings (SSSR count). The lowest BCUT2D eigenvalue weighted by atomic mass is 10.0. The lowest BCUT2D eigenvalue weighted by Crippen LogP contribution is -2.26. The van der Waals surface area contributed by atoms with Crippen LogP contribution in [0.25, 0.3) is 0 Å². The molecule has 0 aliphatic heterocycles. The van der Waals surface area contributed by atoms with E-state index in [4.69, 9.17) is 9.89 Å². The summed E-state index contributed by atoms with van der Waals surface area (Å²) in [5.41, 5.74) is 6.97. The molecule has 1 heterocycles. The van der Waals surface area contributed by atoms with Crippen LogP contribution < -0.4 is 15.5 Å². The maximum absolute atomic E-state index is 10.7. The van der Waals surface area contributed by atoms with Crippen LogP contribution in [0.15, 0.2) is 48.5 Å². The first-order chi connectivity index (χ1) is 21.5. The first-order valence-corrected chi connectivity index (χ1v) is 16.7. The van der Waals surface area contributed by atoms with E-state index in [1.54, 1.807) is 0 Å². The van der Waals surface area contributed by atoms with Crippen molar-refractivity contribution in [3.63, 3.8) is 0 Å². The van der Waals surface area contributed by atoms with Crippen molar-refractivity contribution in [2.24, 2.45) is 5.92 Å². The molecule has 7 heteroatoms. The van der Waals surface area contributed by atoms with Crippen molar-refractivity contribution in [1.29, 1.82) is 0 Å². The fourth-order valence-corrected chi connectivity index (χ4v) is 4.58. The number of carbonyl (C=O) groups is 2. The van der Waals surface area contributed by atoms with Crippen LogP contribution in [0, 0.1) is 12.8 Å². The van der Waals surface area contributed by atoms with Crippen molar-refractivity contribution >= 4 is 29.8 Å². The number of carbonyl (C=O) groups excluding carboxylic acids is 2. The summed E-state index contributed by atoms with van der Waals surface area (Å²) in [4.78, 5) is 21.9. The number of aromatic nitrogens is 2. The van der Waals surface area contributed by atoms with Crippen LogP contribution in [0.4, 0.5) is 17.2 Å². The smallest absolute Gasteiger partial charge is 0.150 e. The Kier molecular flexibility index (Phi) is 21.0. The van der Waals surface area contributed by atoms with Crippen LogP contribution in [0.2, 0.25) is 0 Å². The highest BCUT2D eigenvalue weighted by molar-refractivity contribution is 5.75. The van der Waals surface area contributed by atoms with E-state index in [1.165, 1.54) is 36.6 Å². The largest absolute Gasteiger partial charge is 0.388 e. The van der Waals surface area contributed by atoms with E-state index in [-0.39, 0.29) is 5.54 Å². The van der Waals surface area contributed by atoms with Gasteiger partial charge in [0.1, 0.15) is 18.4 Å². The molecular formula is C38H63N5O2. The molecule has 1 unspecified atom stereocenters. The van der Waals surface area contributed by atoms with Crippen molar-refractivity contribution in [3.8, 4) is 0 Å². The molecule has 7 nitrogen and oxygen atoms in total. The van der Waals surface area contributed by atoms with E-state index >= 15 is 0 Å². The van der Waals surface area contributed by atoms with Crippen molar-refractivity contribution in [3.05, 3.63) is 70.9 Å². The highest BCUT2D eigenvalue weighted by atomic mass is 16.1. The van der Waals surface area contributed by atoms with E-state index in [2.05, 4.69) is 105 Å². The lowest BCUT2D eigenvalue weighted by molar-refractivity contribution is -0.106. The van der Waals surface area contributed by atoms with Gasteiger partial charge in [-0.3, -0.25) is 4.79 Å². The zero-order valence-corrected chi connectivity index (χ0v) is 30.5. The molecule has 1 atom stereocenters. The summed E-state index contributed by atoms with van der Waals surface area (Å²) in [6.07, 6.45) is 7.22. The molecule has 0 fully saturated rings. The van der Waals surface area contributed by atoms with Crippen molar-refractivity contribution < 1.29 is 9.59 Å². The van der Waals surface area contributed by atoms with Crippen LogP contribution in [-0.4, -0.2) is 49.5 Å². The van der Waals surface area contributed by atoms with Crippen molar-refractivity contribution in [1.82, 2.24) is 9.78 Å². The van der Waals surface area contributed by atoms with Crippen LogP contribution in [0.5, 0.6) is 0 Å². The molecule has 45 heavy (non-hydrogen) atoms. The Labute approximate surface area is 275 Å². The summed E-state index contributed by atoms with van der Waals surface area (Å²) in [6, 6.07) is 16.6. The lowest BCUT2D eigenvalue weighted by Gasteiger charge is -2.25. The van der Waals surface area contributed by atoms with Gasteiger partial charge in [-0.2, -0.15) is 5.10 Å². The molecule has 0 saturated carbocycles. The SMILES string of the molecule is CC.CC=O.CCCN(CCC(C)CC)c1ccc(C=O)cc1.CNc1ccc(C)c(CCc2cc(NC)n(C(C)(C)C)n2)c1. The Morgan fingerprint density at radius 1 is 0.933 bits per heavy atom. The van der Waals surface area contributed by atoms with Crippen LogP contribution in [0.3, 0.4) is 0 Å². The fourth-order valence-electron chi connectivity index (χ4n) is 4.58. The molecule has 0 saturated heterocycles. The van der Waals surface area contributed by atoms with Gasteiger partial charge in [0.05, 0.1) is 11.2 Å². The third-order valence-electron chi connectivity index (χ3n) is 7.42. The van der Waals surface area contributed by atoms with Gasteiger partial charge in [0.15, 0.2) is 0 Å². The minimum absolute atomic E-state index is 0.0153. The predicted octanol–water partition coefficient (Wildman–Crippen LogP) is 9.20. The Morgan fingerprint density at radius 2 is 1.56 bits per heavy atom. The van der Waals surface area contributed by atoms with Crippen molar-refractivity contribution in [2.45, 2.75) is 107 Å². The third kappa shape index (κ3) is 15.3. The van der Waals surface area contributed by atoms with Gasteiger partial charge in [-0.05, 0) is 114 Å². The second kappa shape index (κ2) is 22.8. The number of hydrogen-bond donors (Lipinski definition) is 2. The molecule has 2 aromatic carbocycles. The number of aryl methyl sites for hydroxylation is 3. The summed E-state index contributed by atoms with van der Waals surface area (Å²) >= 11 is 0. The van der Waals surface area contributed by atoms with Gasteiger partial charge in [-0.25, -0.2) is 4.68 Å². The normalized spacial score (nSPS) is 10.9. The molecule has 0 spiro atoms. The summed E-state index contributed by atoms with van der Waals surface area (Å²) < 4.78 is 2.07. The number of rotatable bonds is 13. The van der Waals surface area contributed by atoms with E-state index in [0.717, 1.165) is 73.6 Å². The Bertz CT molecular complexity index is 1210. The van der Waals surface area contributed by atoms with Crippen LogP contribution >= 0.6 is 0 Å². The maximum Gasteiger partial charge on any atom is 0.150 e.